The molecule has 1 aromatic heterocycles. The van der Waals surface area contributed by atoms with Gasteiger partial charge in [0.15, 0.2) is 5.16 Å². The predicted molar refractivity (Wildman–Crippen MR) is 118 cm³/mol. The minimum Gasteiger partial charge on any atom is -0.382 e. The van der Waals surface area contributed by atoms with Gasteiger partial charge >= 0.3 is 0 Å². The van der Waals surface area contributed by atoms with E-state index in [2.05, 4.69) is 10.3 Å². The maximum absolute atomic E-state index is 12.9. The van der Waals surface area contributed by atoms with Crippen molar-refractivity contribution in [2.45, 2.75) is 32.0 Å². The summed E-state index contributed by atoms with van der Waals surface area (Å²) >= 11 is 1.27. The second-order valence-electron chi connectivity index (χ2n) is 6.62. The zero-order chi connectivity index (χ0) is 20.6. The van der Waals surface area contributed by atoms with Crippen molar-refractivity contribution in [1.29, 1.82) is 0 Å². The molecule has 6 nitrogen and oxygen atoms in total. The van der Waals surface area contributed by atoms with Gasteiger partial charge in [-0.15, -0.1) is 0 Å². The maximum Gasteiger partial charge on any atom is 0.262 e. The molecule has 0 saturated heterocycles. The third kappa shape index (κ3) is 5.68. The van der Waals surface area contributed by atoms with E-state index >= 15 is 0 Å². The van der Waals surface area contributed by atoms with Crippen LogP contribution in [0.4, 0.5) is 5.69 Å². The third-order valence-electron chi connectivity index (χ3n) is 4.37. The van der Waals surface area contributed by atoms with Crippen LogP contribution < -0.4 is 10.9 Å². The van der Waals surface area contributed by atoms with Gasteiger partial charge in [0.2, 0.25) is 5.91 Å². The number of aromatic nitrogens is 2. The summed E-state index contributed by atoms with van der Waals surface area (Å²) in [5.74, 6) is 0.0338. The summed E-state index contributed by atoms with van der Waals surface area (Å²) in [4.78, 5) is 29.9. The van der Waals surface area contributed by atoms with Crippen molar-refractivity contribution >= 4 is 34.3 Å². The zero-order valence-electron chi connectivity index (χ0n) is 16.7. The molecule has 1 N–H and O–H groups in total. The van der Waals surface area contributed by atoms with Crippen LogP contribution in [0.1, 0.15) is 18.9 Å². The van der Waals surface area contributed by atoms with Crippen LogP contribution in [0.2, 0.25) is 0 Å². The maximum atomic E-state index is 12.9. The molecule has 0 spiro atoms. The van der Waals surface area contributed by atoms with E-state index in [9.17, 15) is 9.59 Å². The number of nitrogens with zero attached hydrogens (tertiary/aromatic N) is 2. The Labute approximate surface area is 174 Å². The van der Waals surface area contributed by atoms with E-state index in [4.69, 9.17) is 4.74 Å². The fraction of sp³-hybridized carbons (Fsp3) is 0.318. The number of thioether (sulfide) groups is 1. The number of hydrogen-bond acceptors (Lipinski definition) is 5. The number of benzene rings is 2. The number of aryl methyl sites for hydroxylation is 1. The van der Waals surface area contributed by atoms with Crippen molar-refractivity contribution in [1.82, 2.24) is 9.55 Å². The Morgan fingerprint density at radius 3 is 2.69 bits per heavy atom. The average Bonchev–Trinajstić information content (AvgIpc) is 2.73. The van der Waals surface area contributed by atoms with Crippen molar-refractivity contribution < 1.29 is 9.53 Å². The third-order valence-corrected chi connectivity index (χ3v) is 5.35. The van der Waals surface area contributed by atoms with Crippen molar-refractivity contribution in [2.24, 2.45) is 0 Å². The average molecular weight is 412 g/mol. The number of carbonyl (C=O) groups excluding carboxylic acids is 1. The molecule has 3 rings (SSSR count). The summed E-state index contributed by atoms with van der Waals surface area (Å²) in [7, 11) is 0. The fourth-order valence-corrected chi connectivity index (χ4v) is 3.71. The molecule has 7 heteroatoms. The van der Waals surface area contributed by atoms with Crippen LogP contribution in [-0.4, -0.2) is 34.4 Å². The standard InChI is InChI=1S/C22H25N3O3S/c1-3-28-14-6-13-25-21(27)18-7-4-5-8-19(18)24-22(25)29-15-20(26)23-17-11-9-16(2)10-12-17/h4-5,7-12H,3,6,13-15H2,1-2H3,(H,23,26). The molecule has 3 aromatic rings. The molecule has 2 aromatic carbocycles. The zero-order valence-corrected chi connectivity index (χ0v) is 17.5. The largest absolute Gasteiger partial charge is 0.382 e. The van der Waals surface area contributed by atoms with Crippen molar-refractivity contribution in [3.05, 3.63) is 64.4 Å². The number of anilines is 1. The second kappa shape index (κ2) is 10.2. The van der Waals surface area contributed by atoms with E-state index in [-0.39, 0.29) is 17.2 Å². The molecule has 0 aliphatic heterocycles. The Morgan fingerprint density at radius 1 is 1.17 bits per heavy atom. The van der Waals surface area contributed by atoms with E-state index in [0.717, 1.165) is 11.3 Å². The van der Waals surface area contributed by atoms with Gasteiger partial charge < -0.3 is 10.1 Å². The molecule has 152 valence electrons. The lowest BCUT2D eigenvalue weighted by molar-refractivity contribution is -0.113. The minimum absolute atomic E-state index is 0.0893. The van der Waals surface area contributed by atoms with Crippen LogP contribution in [0.3, 0.4) is 0 Å². The summed E-state index contributed by atoms with van der Waals surface area (Å²) < 4.78 is 7.03. The van der Waals surface area contributed by atoms with Gasteiger partial charge in [0.25, 0.3) is 5.56 Å². The Hall–Kier alpha value is -2.64. The van der Waals surface area contributed by atoms with Crippen LogP contribution in [0.25, 0.3) is 10.9 Å². The number of nitrogens with one attached hydrogen (secondary N) is 1. The van der Waals surface area contributed by atoms with E-state index in [1.54, 1.807) is 10.6 Å². The number of hydrogen-bond donors (Lipinski definition) is 1. The van der Waals surface area contributed by atoms with Crippen LogP contribution in [0.5, 0.6) is 0 Å². The summed E-state index contributed by atoms with van der Waals surface area (Å²) in [5.41, 5.74) is 2.43. The number of carbonyl (C=O) groups is 1. The van der Waals surface area contributed by atoms with Crippen LogP contribution >= 0.6 is 11.8 Å². The summed E-state index contributed by atoms with van der Waals surface area (Å²) in [6.07, 6.45) is 0.705. The SMILES string of the molecule is CCOCCCn1c(SCC(=O)Nc2ccc(C)cc2)nc2ccccc2c1=O. The highest BCUT2D eigenvalue weighted by atomic mass is 32.2. The molecule has 0 atom stereocenters. The monoisotopic (exact) mass is 411 g/mol. The van der Waals surface area contributed by atoms with Crippen molar-refractivity contribution in [3.8, 4) is 0 Å². The van der Waals surface area contributed by atoms with Crippen molar-refractivity contribution in [2.75, 3.05) is 24.3 Å². The lowest BCUT2D eigenvalue weighted by atomic mass is 10.2. The van der Waals surface area contributed by atoms with Crippen LogP contribution in [-0.2, 0) is 16.1 Å². The first-order valence-electron chi connectivity index (χ1n) is 9.65. The van der Waals surface area contributed by atoms with E-state index < -0.39 is 0 Å². The highest BCUT2D eigenvalue weighted by Gasteiger charge is 2.13. The Morgan fingerprint density at radius 2 is 1.93 bits per heavy atom. The smallest absolute Gasteiger partial charge is 0.262 e. The van der Waals surface area contributed by atoms with Gasteiger partial charge in [0.1, 0.15) is 0 Å². The van der Waals surface area contributed by atoms with Gasteiger partial charge in [-0.1, -0.05) is 41.6 Å². The second-order valence-corrected chi connectivity index (χ2v) is 7.56. The summed E-state index contributed by atoms with van der Waals surface area (Å²) in [5, 5.41) is 4.00. The van der Waals surface area contributed by atoms with Gasteiger partial charge in [0.05, 0.1) is 16.7 Å². The van der Waals surface area contributed by atoms with E-state index in [1.807, 2.05) is 56.3 Å². The molecular weight excluding hydrogens is 386 g/mol. The first kappa shape index (κ1) is 21.1. The highest BCUT2D eigenvalue weighted by molar-refractivity contribution is 7.99. The number of para-hydroxylation sites is 1. The summed E-state index contributed by atoms with van der Waals surface area (Å²) in [6, 6.07) is 14.9. The molecule has 0 aliphatic rings. The molecule has 1 heterocycles. The summed E-state index contributed by atoms with van der Waals surface area (Å²) in [6.45, 7) is 5.66. The van der Waals surface area contributed by atoms with Gasteiger partial charge in [-0.3, -0.25) is 14.2 Å². The normalized spacial score (nSPS) is 11.0. The molecule has 0 saturated carbocycles. The highest BCUT2D eigenvalue weighted by Crippen LogP contribution is 2.19. The molecule has 29 heavy (non-hydrogen) atoms. The first-order valence-corrected chi connectivity index (χ1v) is 10.6. The van der Waals surface area contributed by atoms with Gasteiger partial charge in [-0.25, -0.2) is 4.98 Å². The molecule has 1 amide bonds. The first-order chi connectivity index (χ1) is 14.1. The van der Waals surface area contributed by atoms with Crippen molar-refractivity contribution in [3.63, 3.8) is 0 Å². The molecule has 0 radical (unpaired) electrons. The molecule has 0 bridgehead atoms. The number of ether oxygens (including phenoxy) is 1. The molecule has 0 fully saturated rings. The molecular formula is C22H25N3O3S. The van der Waals surface area contributed by atoms with E-state index in [0.29, 0.717) is 42.2 Å². The number of fused-ring (bicyclic) bond motifs is 1. The Kier molecular flexibility index (Phi) is 7.43. The topological polar surface area (TPSA) is 73.2 Å². The van der Waals surface area contributed by atoms with E-state index in [1.165, 1.54) is 11.8 Å². The van der Waals surface area contributed by atoms with Gasteiger partial charge in [0, 0.05) is 25.4 Å². The quantitative estimate of drug-likeness (QED) is 0.329. The lowest BCUT2D eigenvalue weighted by Gasteiger charge is -2.13. The number of amides is 1. The van der Waals surface area contributed by atoms with Crippen LogP contribution in [0.15, 0.2) is 58.5 Å². The fourth-order valence-electron chi connectivity index (χ4n) is 2.89. The molecule has 0 aliphatic carbocycles. The van der Waals surface area contributed by atoms with Gasteiger partial charge in [-0.05, 0) is 44.5 Å². The number of rotatable bonds is 9. The van der Waals surface area contributed by atoms with Gasteiger partial charge in [-0.2, -0.15) is 0 Å². The molecule has 0 unspecified atom stereocenters. The van der Waals surface area contributed by atoms with Crippen LogP contribution in [0, 0.1) is 6.92 Å². The Balaban J connectivity index is 1.76. The lowest BCUT2D eigenvalue weighted by Crippen LogP contribution is -2.25. The predicted octanol–water partition coefficient (Wildman–Crippen LogP) is 3.86. The minimum atomic E-state index is -0.137. The Bertz CT molecular complexity index is 1030.